The average Bonchev–Trinajstić information content (AvgIpc) is 3.25. The van der Waals surface area contributed by atoms with Crippen LogP contribution in [0.4, 0.5) is 0 Å². The Bertz CT molecular complexity index is 661. The maximum absolute atomic E-state index is 12.6. The fourth-order valence-corrected chi connectivity index (χ4v) is 3.93. The highest BCUT2D eigenvalue weighted by Crippen LogP contribution is 2.33. The second-order valence-corrected chi connectivity index (χ2v) is 7.33. The van der Waals surface area contributed by atoms with Gasteiger partial charge in [-0.1, -0.05) is 55.8 Å². The van der Waals surface area contributed by atoms with Gasteiger partial charge in [0.25, 0.3) is 0 Å². The van der Waals surface area contributed by atoms with E-state index >= 15 is 0 Å². The summed E-state index contributed by atoms with van der Waals surface area (Å²) >= 11 is 1.45. The Morgan fingerprint density at radius 3 is 2.65 bits per heavy atom. The van der Waals surface area contributed by atoms with Gasteiger partial charge in [-0.15, -0.1) is 5.10 Å². The van der Waals surface area contributed by atoms with E-state index in [0.717, 1.165) is 30.0 Å². The van der Waals surface area contributed by atoms with Gasteiger partial charge >= 0.3 is 0 Å². The number of tetrazole rings is 1. The summed E-state index contributed by atoms with van der Waals surface area (Å²) in [6.45, 7) is 4.03. The van der Waals surface area contributed by atoms with Crippen molar-refractivity contribution in [3.8, 4) is 0 Å². The Hall–Kier alpha value is -1.69. The number of thioether (sulfide) groups is 1. The van der Waals surface area contributed by atoms with Crippen LogP contribution in [-0.4, -0.2) is 31.2 Å². The zero-order chi connectivity index (χ0) is 16.2. The lowest BCUT2D eigenvalue weighted by molar-refractivity contribution is 0.0994. The number of aryl methyl sites for hydroxylation is 1. The minimum atomic E-state index is -0.200. The molecule has 0 saturated heterocycles. The molecule has 1 aromatic carbocycles. The molecule has 0 spiro atoms. The van der Waals surface area contributed by atoms with Gasteiger partial charge in [-0.3, -0.25) is 4.79 Å². The van der Waals surface area contributed by atoms with Crippen molar-refractivity contribution >= 4 is 17.5 Å². The smallest absolute Gasteiger partial charge is 0.210 e. The first-order valence-electron chi connectivity index (χ1n) is 8.26. The molecule has 122 valence electrons. The van der Waals surface area contributed by atoms with E-state index in [-0.39, 0.29) is 11.0 Å². The van der Waals surface area contributed by atoms with Crippen LogP contribution in [0.1, 0.15) is 61.5 Å². The van der Waals surface area contributed by atoms with Gasteiger partial charge in [-0.25, -0.2) is 4.68 Å². The van der Waals surface area contributed by atoms with E-state index in [4.69, 9.17) is 0 Å². The number of ketones is 1. The number of hydrogen-bond acceptors (Lipinski definition) is 5. The van der Waals surface area contributed by atoms with Crippen LogP contribution in [0.3, 0.4) is 0 Å². The maximum Gasteiger partial charge on any atom is 0.210 e. The lowest BCUT2D eigenvalue weighted by atomic mass is 10.1. The summed E-state index contributed by atoms with van der Waals surface area (Å²) in [7, 11) is 0. The van der Waals surface area contributed by atoms with E-state index in [1.807, 2.05) is 35.9 Å². The Morgan fingerprint density at radius 1 is 1.30 bits per heavy atom. The molecule has 0 bridgehead atoms. The van der Waals surface area contributed by atoms with Crippen LogP contribution in [0.2, 0.25) is 0 Å². The Balaban J connectivity index is 1.69. The Morgan fingerprint density at radius 2 is 2.00 bits per heavy atom. The molecule has 1 saturated carbocycles. The third kappa shape index (κ3) is 3.63. The number of carbonyl (C=O) groups excluding carboxylic acids is 1. The molecule has 0 amide bonds. The summed E-state index contributed by atoms with van der Waals surface area (Å²) in [4.78, 5) is 12.6. The van der Waals surface area contributed by atoms with Crippen molar-refractivity contribution in [2.75, 3.05) is 0 Å². The summed E-state index contributed by atoms with van der Waals surface area (Å²) in [6.07, 6.45) is 5.69. The van der Waals surface area contributed by atoms with Crippen molar-refractivity contribution in [2.24, 2.45) is 0 Å². The molecular weight excluding hydrogens is 308 g/mol. The van der Waals surface area contributed by atoms with Crippen LogP contribution in [0, 0.1) is 0 Å². The van der Waals surface area contributed by atoms with Gasteiger partial charge in [0, 0.05) is 5.56 Å². The fourth-order valence-electron chi connectivity index (χ4n) is 2.99. The first kappa shape index (κ1) is 16.2. The van der Waals surface area contributed by atoms with Crippen LogP contribution < -0.4 is 0 Å². The van der Waals surface area contributed by atoms with Gasteiger partial charge in [0.05, 0.1) is 11.3 Å². The molecule has 1 unspecified atom stereocenters. The summed E-state index contributed by atoms with van der Waals surface area (Å²) in [6, 6.07) is 8.26. The molecule has 1 aliphatic rings. The van der Waals surface area contributed by atoms with Crippen LogP contribution in [0.25, 0.3) is 0 Å². The highest BCUT2D eigenvalue weighted by molar-refractivity contribution is 8.00. The van der Waals surface area contributed by atoms with E-state index < -0.39 is 0 Å². The number of Topliss-reactive ketones (excluding diaryl/α,β-unsaturated/α-hetero) is 1. The fraction of sp³-hybridized carbons (Fsp3) is 0.529. The van der Waals surface area contributed by atoms with E-state index in [0.29, 0.717) is 6.04 Å². The van der Waals surface area contributed by atoms with Crippen LogP contribution in [0.15, 0.2) is 29.4 Å². The summed E-state index contributed by atoms with van der Waals surface area (Å²) in [5, 5.41) is 12.6. The SMILES string of the molecule is CCc1ccc(C(=O)C(C)Sc2nnnn2C2CCCC2)cc1. The number of hydrogen-bond donors (Lipinski definition) is 0. The number of rotatable bonds is 6. The quantitative estimate of drug-likeness (QED) is 0.597. The minimum Gasteiger partial charge on any atom is -0.293 e. The molecule has 1 heterocycles. The van der Waals surface area contributed by atoms with Crippen LogP contribution in [-0.2, 0) is 6.42 Å². The number of carbonyl (C=O) groups is 1. The lowest BCUT2D eigenvalue weighted by Gasteiger charge is -2.13. The lowest BCUT2D eigenvalue weighted by Crippen LogP contribution is -2.16. The number of nitrogens with zero attached hydrogens (tertiary/aromatic N) is 4. The van der Waals surface area contributed by atoms with Crippen molar-refractivity contribution in [2.45, 2.75) is 62.4 Å². The third-order valence-electron chi connectivity index (χ3n) is 4.43. The summed E-state index contributed by atoms with van der Waals surface area (Å²) < 4.78 is 1.90. The molecule has 1 aromatic heterocycles. The molecular formula is C17H22N4OS. The normalized spacial score (nSPS) is 16.6. The van der Waals surface area contributed by atoms with E-state index in [1.54, 1.807) is 0 Å². The first-order chi connectivity index (χ1) is 11.2. The predicted molar refractivity (Wildman–Crippen MR) is 90.8 cm³/mol. The van der Waals surface area contributed by atoms with Gasteiger partial charge in [0.15, 0.2) is 5.78 Å². The topological polar surface area (TPSA) is 60.7 Å². The van der Waals surface area contributed by atoms with Crippen molar-refractivity contribution < 1.29 is 4.79 Å². The third-order valence-corrected chi connectivity index (χ3v) is 5.48. The van der Waals surface area contributed by atoms with Crippen LogP contribution in [0.5, 0.6) is 0 Å². The molecule has 0 radical (unpaired) electrons. The van der Waals surface area contributed by atoms with E-state index in [1.165, 1.54) is 30.2 Å². The van der Waals surface area contributed by atoms with E-state index in [2.05, 4.69) is 22.4 Å². The molecule has 0 aliphatic heterocycles. The average molecular weight is 330 g/mol. The zero-order valence-corrected chi connectivity index (χ0v) is 14.4. The number of aromatic nitrogens is 4. The molecule has 0 N–H and O–H groups in total. The summed E-state index contributed by atoms with van der Waals surface area (Å²) in [5.74, 6) is 0.124. The number of benzene rings is 1. The molecule has 3 rings (SSSR count). The second kappa shape index (κ2) is 7.25. The highest BCUT2D eigenvalue weighted by Gasteiger charge is 2.25. The second-order valence-electron chi connectivity index (χ2n) is 6.02. The molecule has 1 atom stereocenters. The van der Waals surface area contributed by atoms with Crippen molar-refractivity contribution in [3.05, 3.63) is 35.4 Å². The van der Waals surface area contributed by atoms with Crippen molar-refractivity contribution in [1.29, 1.82) is 0 Å². The van der Waals surface area contributed by atoms with Gasteiger partial charge < -0.3 is 0 Å². The van der Waals surface area contributed by atoms with Crippen molar-refractivity contribution in [3.63, 3.8) is 0 Å². The zero-order valence-electron chi connectivity index (χ0n) is 13.6. The van der Waals surface area contributed by atoms with Gasteiger partial charge in [-0.2, -0.15) is 0 Å². The van der Waals surface area contributed by atoms with E-state index in [9.17, 15) is 4.79 Å². The largest absolute Gasteiger partial charge is 0.293 e. The Kier molecular flexibility index (Phi) is 5.10. The van der Waals surface area contributed by atoms with Crippen LogP contribution >= 0.6 is 11.8 Å². The molecule has 1 fully saturated rings. The standard InChI is InChI=1S/C17H22N4OS/c1-3-13-8-10-14(11-9-13)16(22)12(2)23-17-18-19-20-21(17)15-6-4-5-7-15/h8-12,15H,3-7H2,1-2H3. The highest BCUT2D eigenvalue weighted by atomic mass is 32.2. The molecule has 6 heteroatoms. The molecule has 1 aliphatic carbocycles. The minimum absolute atomic E-state index is 0.124. The molecule has 5 nitrogen and oxygen atoms in total. The maximum atomic E-state index is 12.6. The predicted octanol–water partition coefficient (Wildman–Crippen LogP) is 3.71. The van der Waals surface area contributed by atoms with Crippen molar-refractivity contribution in [1.82, 2.24) is 20.2 Å². The van der Waals surface area contributed by atoms with Gasteiger partial charge in [0.2, 0.25) is 5.16 Å². The summed E-state index contributed by atoms with van der Waals surface area (Å²) in [5.41, 5.74) is 1.99. The monoisotopic (exact) mass is 330 g/mol. The molecule has 2 aromatic rings. The molecule has 23 heavy (non-hydrogen) atoms. The van der Waals surface area contributed by atoms with Gasteiger partial charge in [-0.05, 0) is 42.2 Å². The first-order valence-corrected chi connectivity index (χ1v) is 9.14. The van der Waals surface area contributed by atoms with Gasteiger partial charge in [0.1, 0.15) is 0 Å². The Labute approximate surface area is 140 Å².